The lowest BCUT2D eigenvalue weighted by Crippen LogP contribution is -2.28. The zero-order valence-electron chi connectivity index (χ0n) is 10.8. The van der Waals surface area contributed by atoms with Crippen molar-refractivity contribution in [3.05, 3.63) is 30.0 Å². The highest BCUT2D eigenvalue weighted by Crippen LogP contribution is 2.19. The molecule has 0 radical (unpaired) electrons. The predicted molar refractivity (Wildman–Crippen MR) is 74.4 cm³/mol. The van der Waals surface area contributed by atoms with Gasteiger partial charge >= 0.3 is 0 Å². The Balaban J connectivity index is 1.65. The van der Waals surface area contributed by atoms with Crippen molar-refractivity contribution in [2.24, 2.45) is 0 Å². The fourth-order valence-corrected chi connectivity index (χ4v) is 2.88. The molecule has 2 aromatic rings. The van der Waals surface area contributed by atoms with Crippen LogP contribution in [0.5, 0.6) is 0 Å². The molecule has 2 N–H and O–H groups in total. The van der Waals surface area contributed by atoms with Crippen LogP contribution in [0, 0.1) is 0 Å². The summed E-state index contributed by atoms with van der Waals surface area (Å²) in [5, 5.41) is 12.4. The highest BCUT2D eigenvalue weighted by atomic mass is 15.1. The molecular weight excluding hydrogens is 222 g/mol. The molecule has 1 aliphatic carbocycles. The molecule has 96 valence electrons. The lowest BCUT2D eigenvalue weighted by molar-refractivity contribution is 0.457. The third kappa shape index (κ3) is 2.56. The number of aromatic amines is 1. The van der Waals surface area contributed by atoms with Gasteiger partial charge in [-0.1, -0.05) is 43.9 Å². The summed E-state index contributed by atoms with van der Waals surface area (Å²) in [4.78, 5) is 0. The molecule has 0 bridgehead atoms. The lowest BCUT2D eigenvalue weighted by atomic mass is 10.1. The van der Waals surface area contributed by atoms with E-state index in [1.54, 1.807) is 0 Å². The van der Waals surface area contributed by atoms with Gasteiger partial charge in [-0.15, -0.1) is 0 Å². The van der Waals surface area contributed by atoms with E-state index >= 15 is 0 Å². The van der Waals surface area contributed by atoms with Crippen molar-refractivity contribution in [2.45, 2.75) is 51.1 Å². The Morgan fingerprint density at radius 2 is 1.89 bits per heavy atom. The van der Waals surface area contributed by atoms with Gasteiger partial charge < -0.3 is 5.32 Å². The van der Waals surface area contributed by atoms with E-state index in [1.165, 1.54) is 49.6 Å². The Bertz CT molecular complexity index is 495. The van der Waals surface area contributed by atoms with Crippen LogP contribution in [0.4, 0.5) is 0 Å². The van der Waals surface area contributed by atoms with Gasteiger partial charge in [-0.25, -0.2) is 0 Å². The summed E-state index contributed by atoms with van der Waals surface area (Å²) in [5.74, 6) is 0. The maximum atomic E-state index is 4.34. The van der Waals surface area contributed by atoms with Crippen LogP contribution in [-0.2, 0) is 6.54 Å². The van der Waals surface area contributed by atoms with E-state index in [-0.39, 0.29) is 0 Å². The zero-order chi connectivity index (χ0) is 12.2. The maximum Gasteiger partial charge on any atom is 0.0924 e. The molecule has 1 aromatic heterocycles. The smallest absolute Gasteiger partial charge is 0.0924 e. The predicted octanol–water partition coefficient (Wildman–Crippen LogP) is 3.38. The summed E-state index contributed by atoms with van der Waals surface area (Å²) >= 11 is 0. The SMILES string of the molecule is c1ccc2c(CNC3CCCCCC3)[nH]nc2c1. The number of H-pyrrole nitrogens is 1. The van der Waals surface area contributed by atoms with Crippen molar-refractivity contribution in [1.29, 1.82) is 0 Å². The van der Waals surface area contributed by atoms with E-state index in [0.29, 0.717) is 6.04 Å². The maximum absolute atomic E-state index is 4.34. The molecule has 1 aliphatic rings. The first-order valence-corrected chi connectivity index (χ1v) is 7.09. The van der Waals surface area contributed by atoms with Crippen LogP contribution in [0.15, 0.2) is 24.3 Å². The Morgan fingerprint density at radius 3 is 2.72 bits per heavy atom. The van der Waals surface area contributed by atoms with E-state index in [4.69, 9.17) is 0 Å². The molecule has 0 spiro atoms. The minimum absolute atomic E-state index is 0.689. The second-order valence-corrected chi connectivity index (χ2v) is 5.29. The van der Waals surface area contributed by atoms with Crippen LogP contribution in [0.25, 0.3) is 10.9 Å². The number of benzene rings is 1. The molecule has 1 saturated carbocycles. The number of nitrogens with one attached hydrogen (secondary N) is 2. The van der Waals surface area contributed by atoms with Crippen molar-refractivity contribution in [3.63, 3.8) is 0 Å². The molecule has 3 rings (SSSR count). The Labute approximate surface area is 108 Å². The fourth-order valence-electron chi connectivity index (χ4n) is 2.88. The van der Waals surface area contributed by atoms with E-state index in [1.807, 2.05) is 6.07 Å². The van der Waals surface area contributed by atoms with Crippen molar-refractivity contribution >= 4 is 10.9 Å². The molecule has 0 aliphatic heterocycles. The number of rotatable bonds is 3. The molecule has 0 amide bonds. The van der Waals surface area contributed by atoms with E-state index < -0.39 is 0 Å². The summed E-state index contributed by atoms with van der Waals surface area (Å²) in [7, 11) is 0. The topological polar surface area (TPSA) is 40.7 Å². The van der Waals surface area contributed by atoms with Crippen LogP contribution in [0.2, 0.25) is 0 Å². The number of nitrogens with zero attached hydrogens (tertiary/aromatic N) is 1. The van der Waals surface area contributed by atoms with E-state index in [2.05, 4.69) is 33.7 Å². The van der Waals surface area contributed by atoms with Crippen molar-refractivity contribution in [1.82, 2.24) is 15.5 Å². The summed E-state index contributed by atoms with van der Waals surface area (Å²) < 4.78 is 0. The third-order valence-corrected chi connectivity index (χ3v) is 3.96. The Morgan fingerprint density at radius 1 is 1.11 bits per heavy atom. The molecule has 0 saturated heterocycles. The molecule has 3 nitrogen and oxygen atoms in total. The zero-order valence-corrected chi connectivity index (χ0v) is 10.8. The number of hydrogen-bond acceptors (Lipinski definition) is 2. The summed E-state index contributed by atoms with van der Waals surface area (Å²) in [6.07, 6.45) is 8.22. The molecule has 1 heterocycles. The number of para-hydroxylation sites is 1. The number of aromatic nitrogens is 2. The molecule has 3 heteroatoms. The van der Waals surface area contributed by atoms with Gasteiger partial charge in [-0.2, -0.15) is 5.10 Å². The molecule has 0 unspecified atom stereocenters. The summed E-state index contributed by atoms with van der Waals surface area (Å²) in [6, 6.07) is 9.00. The number of fused-ring (bicyclic) bond motifs is 1. The monoisotopic (exact) mass is 243 g/mol. The van der Waals surface area contributed by atoms with Crippen molar-refractivity contribution in [3.8, 4) is 0 Å². The first-order chi connectivity index (χ1) is 8.93. The van der Waals surface area contributed by atoms with Crippen molar-refractivity contribution < 1.29 is 0 Å². The summed E-state index contributed by atoms with van der Waals surface area (Å²) in [6.45, 7) is 0.908. The normalized spacial score (nSPS) is 18.0. The van der Waals surface area contributed by atoms with Gasteiger partial charge in [0.15, 0.2) is 0 Å². The Kier molecular flexibility index (Phi) is 3.60. The number of hydrogen-bond donors (Lipinski definition) is 2. The lowest BCUT2D eigenvalue weighted by Gasteiger charge is -2.15. The van der Waals surface area contributed by atoms with Crippen LogP contribution in [-0.4, -0.2) is 16.2 Å². The van der Waals surface area contributed by atoms with Gasteiger partial charge in [0.2, 0.25) is 0 Å². The second-order valence-electron chi connectivity index (χ2n) is 5.29. The first-order valence-electron chi connectivity index (χ1n) is 7.09. The van der Waals surface area contributed by atoms with E-state index in [0.717, 1.165) is 12.1 Å². The average molecular weight is 243 g/mol. The van der Waals surface area contributed by atoms with Gasteiger partial charge in [-0.3, -0.25) is 5.10 Å². The van der Waals surface area contributed by atoms with Crippen molar-refractivity contribution in [2.75, 3.05) is 0 Å². The second kappa shape index (κ2) is 5.53. The van der Waals surface area contributed by atoms with Gasteiger partial charge in [0.1, 0.15) is 0 Å². The highest BCUT2D eigenvalue weighted by molar-refractivity contribution is 5.81. The quantitative estimate of drug-likeness (QED) is 0.811. The van der Waals surface area contributed by atoms with Gasteiger partial charge in [0.05, 0.1) is 11.2 Å². The minimum atomic E-state index is 0.689. The standard InChI is InChI=1S/C15H21N3/c1-2-4-8-12(7-3-1)16-11-15-13-9-5-6-10-14(13)17-18-15/h5-6,9-10,12,16H,1-4,7-8,11H2,(H,17,18). The largest absolute Gasteiger partial charge is 0.308 e. The van der Waals surface area contributed by atoms with Gasteiger partial charge in [0, 0.05) is 18.0 Å². The van der Waals surface area contributed by atoms with Crippen LogP contribution in [0.1, 0.15) is 44.2 Å². The van der Waals surface area contributed by atoms with Crippen LogP contribution in [0.3, 0.4) is 0 Å². The minimum Gasteiger partial charge on any atom is -0.308 e. The molecular formula is C15H21N3. The molecule has 0 atom stereocenters. The van der Waals surface area contributed by atoms with Gasteiger partial charge in [-0.05, 0) is 18.9 Å². The molecule has 1 fully saturated rings. The fraction of sp³-hybridized carbons (Fsp3) is 0.533. The molecule has 1 aromatic carbocycles. The summed E-state index contributed by atoms with van der Waals surface area (Å²) in [5.41, 5.74) is 2.28. The van der Waals surface area contributed by atoms with E-state index in [9.17, 15) is 0 Å². The first kappa shape index (κ1) is 11.7. The van der Waals surface area contributed by atoms with Gasteiger partial charge in [0.25, 0.3) is 0 Å². The van der Waals surface area contributed by atoms with Crippen LogP contribution >= 0.6 is 0 Å². The molecule has 18 heavy (non-hydrogen) atoms. The highest BCUT2D eigenvalue weighted by Gasteiger charge is 2.12. The third-order valence-electron chi connectivity index (χ3n) is 3.96. The Hall–Kier alpha value is -1.35. The average Bonchev–Trinajstić information content (AvgIpc) is 2.64. The van der Waals surface area contributed by atoms with Crippen LogP contribution < -0.4 is 5.32 Å².